The Morgan fingerprint density at radius 1 is 1.09 bits per heavy atom. The molecule has 14 heteroatoms. The molecular formula is C31H28F4N6O2S2. The van der Waals surface area contributed by atoms with Crippen LogP contribution in [0.5, 0.6) is 5.75 Å². The van der Waals surface area contributed by atoms with Crippen molar-refractivity contribution < 1.29 is 27.1 Å². The molecule has 3 aromatic carbocycles. The Hall–Kier alpha value is -4.30. The van der Waals surface area contributed by atoms with Crippen molar-refractivity contribution in [3.8, 4) is 22.8 Å². The van der Waals surface area contributed by atoms with Crippen LogP contribution in [-0.2, 0) is 4.79 Å². The fourth-order valence-corrected chi connectivity index (χ4v) is 5.73. The number of thiocarbonyl (C=S) groups is 1. The first-order valence-corrected chi connectivity index (χ1v) is 15.3. The van der Waals surface area contributed by atoms with Crippen LogP contribution in [0.1, 0.15) is 43.7 Å². The van der Waals surface area contributed by atoms with Gasteiger partial charge in [0.1, 0.15) is 17.9 Å². The third-order valence-electron chi connectivity index (χ3n) is 6.94. The van der Waals surface area contributed by atoms with Crippen molar-refractivity contribution in [1.82, 2.24) is 20.1 Å². The molecule has 0 aliphatic carbocycles. The van der Waals surface area contributed by atoms with E-state index < -0.39 is 6.36 Å². The average Bonchev–Trinajstić information content (AvgIpc) is 3.63. The number of hydrogen-bond donors (Lipinski definition) is 1. The van der Waals surface area contributed by atoms with Gasteiger partial charge in [-0.25, -0.2) is 14.1 Å². The summed E-state index contributed by atoms with van der Waals surface area (Å²) in [7, 11) is 0. The van der Waals surface area contributed by atoms with E-state index in [0.29, 0.717) is 34.5 Å². The van der Waals surface area contributed by atoms with Gasteiger partial charge in [-0.1, -0.05) is 56.8 Å². The second-order valence-corrected chi connectivity index (χ2v) is 11.9. The average molecular weight is 657 g/mol. The molecule has 45 heavy (non-hydrogen) atoms. The van der Waals surface area contributed by atoms with E-state index in [-0.39, 0.29) is 40.2 Å². The zero-order valence-corrected chi connectivity index (χ0v) is 26.0. The predicted molar refractivity (Wildman–Crippen MR) is 170 cm³/mol. The first kappa shape index (κ1) is 32.1. The lowest BCUT2D eigenvalue weighted by molar-refractivity contribution is -0.274. The van der Waals surface area contributed by atoms with Gasteiger partial charge in [-0.15, -0.1) is 18.3 Å². The van der Waals surface area contributed by atoms with Gasteiger partial charge in [-0.3, -0.25) is 9.69 Å². The minimum absolute atomic E-state index is 0.00154. The van der Waals surface area contributed by atoms with Crippen molar-refractivity contribution in [3.05, 3.63) is 90.0 Å². The number of benzene rings is 3. The van der Waals surface area contributed by atoms with Crippen LogP contribution in [0.25, 0.3) is 17.1 Å². The third kappa shape index (κ3) is 7.87. The molecule has 1 atom stereocenters. The number of carbonyl (C=O) groups is 1. The number of ether oxygens (including phenoxy) is 1. The highest BCUT2D eigenvalue weighted by atomic mass is 32.2. The van der Waals surface area contributed by atoms with Gasteiger partial charge in [0.05, 0.1) is 17.1 Å². The molecule has 234 valence electrons. The number of aromatic nitrogens is 3. The van der Waals surface area contributed by atoms with Gasteiger partial charge >= 0.3 is 6.36 Å². The summed E-state index contributed by atoms with van der Waals surface area (Å²) >= 11 is 6.76. The van der Waals surface area contributed by atoms with Gasteiger partial charge in [0.15, 0.2) is 16.1 Å². The molecule has 1 fully saturated rings. The quantitative estimate of drug-likeness (QED) is 0.159. The number of alkyl halides is 3. The number of amides is 1. The van der Waals surface area contributed by atoms with Crippen LogP contribution in [0.3, 0.4) is 0 Å². The number of nitrogens with one attached hydrogen (secondary N) is 1. The largest absolute Gasteiger partial charge is 0.573 e. The van der Waals surface area contributed by atoms with Gasteiger partial charge in [0.2, 0.25) is 5.91 Å². The second kappa shape index (κ2) is 13.4. The number of hydrogen-bond acceptors (Lipinski definition) is 6. The van der Waals surface area contributed by atoms with E-state index >= 15 is 0 Å². The van der Waals surface area contributed by atoms with Crippen molar-refractivity contribution in [1.29, 1.82) is 0 Å². The molecule has 0 spiro atoms. The molecule has 8 nitrogen and oxygen atoms in total. The molecule has 0 saturated carbocycles. The molecule has 4 aromatic rings. The summed E-state index contributed by atoms with van der Waals surface area (Å²) in [6, 6.07) is 17.4. The number of thioether (sulfide) groups is 1. The van der Waals surface area contributed by atoms with Crippen molar-refractivity contribution >= 4 is 45.9 Å². The Labute approximate surface area is 266 Å². The van der Waals surface area contributed by atoms with Crippen LogP contribution < -0.4 is 15.0 Å². The van der Waals surface area contributed by atoms with Gasteiger partial charge in [0, 0.05) is 12.1 Å². The molecule has 0 bridgehead atoms. The van der Waals surface area contributed by atoms with Crippen LogP contribution in [0.4, 0.5) is 23.2 Å². The smallest absolute Gasteiger partial charge is 0.406 e. The Morgan fingerprint density at radius 3 is 2.47 bits per heavy atom. The number of nitrogens with zero attached hydrogens (tertiary/aromatic N) is 5. The lowest BCUT2D eigenvalue weighted by Crippen LogP contribution is -2.32. The maximum absolute atomic E-state index is 13.9. The van der Waals surface area contributed by atoms with E-state index in [1.54, 1.807) is 6.07 Å². The molecule has 1 N–H and O–H groups in total. The van der Waals surface area contributed by atoms with E-state index in [1.165, 1.54) is 64.1 Å². The molecular weight excluding hydrogens is 629 g/mol. The first-order valence-electron chi connectivity index (χ1n) is 13.9. The maximum atomic E-state index is 13.9. The predicted octanol–water partition coefficient (Wildman–Crippen LogP) is 7.21. The highest BCUT2D eigenvalue weighted by molar-refractivity contribution is 8.15. The number of anilines is 1. The topological polar surface area (TPSA) is 84.6 Å². The summed E-state index contributed by atoms with van der Waals surface area (Å²) in [5.74, 6) is -0.0992. The lowest BCUT2D eigenvalue weighted by Gasteiger charge is -2.22. The van der Waals surface area contributed by atoms with Crippen LogP contribution in [0.2, 0.25) is 0 Å². The van der Waals surface area contributed by atoms with Crippen LogP contribution in [0, 0.1) is 5.82 Å². The summed E-state index contributed by atoms with van der Waals surface area (Å²) in [6.45, 7) is 6.40. The number of aliphatic imine (C=N–C) groups is 1. The molecule has 1 saturated heterocycles. The SMILES string of the molecule is CC(C)c1cc(F)ccc1N1C(=O)CS/C1=N\C(=S)NCC(C)c1ccc(-c2ncn(-c3ccc(OC(F)(F)F)cc3)n2)cc1. The minimum atomic E-state index is -4.76. The zero-order chi connectivity index (χ0) is 32.3. The number of rotatable bonds is 8. The molecule has 1 amide bonds. The van der Waals surface area contributed by atoms with Crippen LogP contribution in [0.15, 0.2) is 78.0 Å². The van der Waals surface area contributed by atoms with E-state index in [4.69, 9.17) is 12.2 Å². The lowest BCUT2D eigenvalue weighted by atomic mass is 10.00. The summed E-state index contributed by atoms with van der Waals surface area (Å²) < 4.78 is 56.6. The molecule has 2 heterocycles. The van der Waals surface area contributed by atoms with Gasteiger partial charge < -0.3 is 10.1 Å². The molecule has 1 unspecified atom stereocenters. The van der Waals surface area contributed by atoms with E-state index in [9.17, 15) is 22.4 Å². The Balaban J connectivity index is 1.20. The highest BCUT2D eigenvalue weighted by Crippen LogP contribution is 2.34. The second-order valence-electron chi connectivity index (χ2n) is 10.5. The molecule has 5 rings (SSSR count). The molecule has 1 aliphatic heterocycles. The molecule has 1 aromatic heterocycles. The normalized spacial score (nSPS) is 15.2. The van der Waals surface area contributed by atoms with Gasteiger partial charge in [-0.2, -0.15) is 4.99 Å². The highest BCUT2D eigenvalue weighted by Gasteiger charge is 2.32. The molecule has 0 radical (unpaired) electrons. The van der Waals surface area contributed by atoms with Gasteiger partial charge in [0.25, 0.3) is 0 Å². The van der Waals surface area contributed by atoms with E-state index in [0.717, 1.165) is 11.1 Å². The summed E-state index contributed by atoms with van der Waals surface area (Å²) in [6.07, 6.45) is -3.28. The van der Waals surface area contributed by atoms with Crippen molar-refractivity contribution in [2.75, 3.05) is 17.2 Å². The summed E-state index contributed by atoms with van der Waals surface area (Å²) in [5.41, 5.74) is 3.64. The first-order chi connectivity index (χ1) is 21.4. The van der Waals surface area contributed by atoms with Crippen molar-refractivity contribution in [2.24, 2.45) is 4.99 Å². The van der Waals surface area contributed by atoms with Gasteiger partial charge in [-0.05, 0) is 77.6 Å². The summed E-state index contributed by atoms with van der Waals surface area (Å²) in [5, 5.41) is 8.28. The third-order valence-corrected chi connectivity index (χ3v) is 8.10. The standard InChI is InChI=1S/C31H28F4N6O2S2/c1-18(2)25-14-22(32)8-13-26(25)41-27(42)16-45-30(41)38-29(44)36-15-19(3)20-4-6-21(7-5-20)28-37-17-40(39-28)23-9-11-24(12-10-23)43-31(33,34)35/h4-14,17-19H,15-16H2,1-3H3,(H,36,44)/b38-30-. The number of halogens is 4. The zero-order valence-electron chi connectivity index (χ0n) is 24.4. The monoisotopic (exact) mass is 656 g/mol. The molecule has 1 aliphatic rings. The Morgan fingerprint density at radius 2 is 1.80 bits per heavy atom. The minimum Gasteiger partial charge on any atom is -0.406 e. The Bertz CT molecular complexity index is 1720. The number of amidine groups is 1. The maximum Gasteiger partial charge on any atom is 0.573 e. The van der Waals surface area contributed by atoms with Crippen LogP contribution >= 0.6 is 24.0 Å². The number of carbonyl (C=O) groups excluding carboxylic acids is 1. The van der Waals surface area contributed by atoms with Crippen molar-refractivity contribution in [2.45, 2.75) is 39.0 Å². The van der Waals surface area contributed by atoms with E-state index in [1.807, 2.05) is 45.0 Å². The van der Waals surface area contributed by atoms with E-state index in [2.05, 4.69) is 25.1 Å². The van der Waals surface area contributed by atoms with Crippen molar-refractivity contribution in [3.63, 3.8) is 0 Å². The fourth-order valence-electron chi connectivity index (χ4n) is 4.64. The fraction of sp³-hybridized carbons (Fsp3) is 0.258. The Kier molecular flexibility index (Phi) is 9.53. The van der Waals surface area contributed by atoms with Crippen LogP contribution in [-0.4, -0.2) is 49.6 Å². The summed E-state index contributed by atoms with van der Waals surface area (Å²) in [4.78, 5) is 23.1.